The predicted octanol–water partition coefficient (Wildman–Crippen LogP) is 3.22. The Morgan fingerprint density at radius 2 is 2.10 bits per heavy atom. The van der Waals surface area contributed by atoms with Crippen LogP contribution in [-0.2, 0) is 5.41 Å². The molecular weight excluding hydrogens is 270 g/mol. The molecule has 1 saturated carbocycles. The van der Waals surface area contributed by atoms with Crippen LogP contribution in [0, 0.1) is 0 Å². The van der Waals surface area contributed by atoms with Gasteiger partial charge in [-0.05, 0) is 36.4 Å². The van der Waals surface area contributed by atoms with Crippen LogP contribution in [0.2, 0.25) is 0 Å². The summed E-state index contributed by atoms with van der Waals surface area (Å²) in [5.41, 5.74) is 0.767. The smallest absolute Gasteiger partial charge is 0.255 e. The van der Waals surface area contributed by atoms with Crippen LogP contribution in [0.25, 0.3) is 0 Å². The second kappa shape index (κ2) is 5.29. The lowest BCUT2D eigenvalue weighted by Gasteiger charge is -2.15. The van der Waals surface area contributed by atoms with Crippen molar-refractivity contribution in [3.63, 3.8) is 0 Å². The third-order valence-corrected chi connectivity index (χ3v) is 4.95. The molecule has 4 heteroatoms. The molecule has 0 bridgehead atoms. The summed E-state index contributed by atoms with van der Waals surface area (Å²) >= 11 is 1.77. The lowest BCUT2D eigenvalue weighted by molar-refractivity contribution is 0.0947. The molecule has 1 aromatic carbocycles. The third-order valence-electron chi connectivity index (χ3n) is 3.84. The van der Waals surface area contributed by atoms with Crippen LogP contribution < -0.4 is 10.1 Å². The molecule has 1 heterocycles. The standard InChI is InChI=1S/C16H17NO2S/c1-19-13-6-3-2-5-12(13)15(18)17-11-16(8-9-16)14-7-4-10-20-14/h2-7,10H,8-9,11H2,1H3,(H,17,18). The molecule has 1 aliphatic rings. The molecule has 0 spiro atoms. The SMILES string of the molecule is COc1ccccc1C(=O)NCC1(c2cccs2)CC1. The number of hydrogen-bond acceptors (Lipinski definition) is 3. The van der Waals surface area contributed by atoms with Gasteiger partial charge in [0, 0.05) is 16.8 Å². The molecular formula is C16H17NO2S. The number of carbonyl (C=O) groups excluding carboxylic acids is 1. The summed E-state index contributed by atoms with van der Waals surface area (Å²) in [5, 5.41) is 5.15. The van der Waals surface area contributed by atoms with Crippen molar-refractivity contribution in [2.45, 2.75) is 18.3 Å². The number of ether oxygens (including phenoxy) is 1. The number of methoxy groups -OCH3 is 1. The van der Waals surface area contributed by atoms with E-state index < -0.39 is 0 Å². The van der Waals surface area contributed by atoms with Crippen molar-refractivity contribution in [2.75, 3.05) is 13.7 Å². The number of para-hydroxylation sites is 1. The molecule has 0 saturated heterocycles. The van der Waals surface area contributed by atoms with E-state index in [0.717, 1.165) is 12.8 Å². The summed E-state index contributed by atoms with van der Waals surface area (Å²) in [6.07, 6.45) is 2.30. The van der Waals surface area contributed by atoms with Crippen molar-refractivity contribution >= 4 is 17.2 Å². The molecule has 1 N–H and O–H groups in total. The van der Waals surface area contributed by atoms with Crippen molar-refractivity contribution in [2.24, 2.45) is 0 Å². The van der Waals surface area contributed by atoms with Gasteiger partial charge in [-0.1, -0.05) is 18.2 Å². The van der Waals surface area contributed by atoms with Crippen LogP contribution in [0.15, 0.2) is 41.8 Å². The van der Waals surface area contributed by atoms with Crippen molar-refractivity contribution < 1.29 is 9.53 Å². The van der Waals surface area contributed by atoms with Crippen molar-refractivity contribution in [3.8, 4) is 5.75 Å². The maximum absolute atomic E-state index is 12.3. The summed E-state index contributed by atoms with van der Waals surface area (Å²) in [6.45, 7) is 0.699. The van der Waals surface area contributed by atoms with E-state index in [1.54, 1.807) is 30.6 Å². The molecule has 1 amide bonds. The Kier molecular flexibility index (Phi) is 3.49. The first-order chi connectivity index (χ1) is 9.75. The van der Waals surface area contributed by atoms with Gasteiger partial charge in [-0.2, -0.15) is 0 Å². The first-order valence-corrected chi connectivity index (χ1v) is 7.58. The highest BCUT2D eigenvalue weighted by Gasteiger charge is 2.45. The van der Waals surface area contributed by atoms with Gasteiger partial charge in [0.05, 0.1) is 12.7 Å². The van der Waals surface area contributed by atoms with E-state index in [1.165, 1.54) is 4.88 Å². The van der Waals surface area contributed by atoms with Gasteiger partial charge >= 0.3 is 0 Å². The Labute approximate surface area is 122 Å². The Balaban J connectivity index is 1.68. The molecule has 104 valence electrons. The molecule has 3 rings (SSSR count). The zero-order chi connectivity index (χ0) is 14.0. The maximum Gasteiger partial charge on any atom is 0.255 e. The molecule has 0 radical (unpaired) electrons. The Hall–Kier alpha value is -1.81. The number of rotatable bonds is 5. The van der Waals surface area contributed by atoms with Crippen LogP contribution in [-0.4, -0.2) is 19.6 Å². The van der Waals surface area contributed by atoms with Crippen molar-refractivity contribution in [1.82, 2.24) is 5.32 Å². The number of hydrogen-bond donors (Lipinski definition) is 1. The normalized spacial score (nSPS) is 15.7. The minimum Gasteiger partial charge on any atom is -0.496 e. The Bertz CT molecular complexity index is 603. The van der Waals surface area contributed by atoms with Crippen molar-refractivity contribution in [1.29, 1.82) is 0 Å². The zero-order valence-corrected chi connectivity index (χ0v) is 12.2. The topological polar surface area (TPSA) is 38.3 Å². The van der Waals surface area contributed by atoms with Gasteiger partial charge in [0.15, 0.2) is 0 Å². The van der Waals surface area contributed by atoms with Gasteiger partial charge in [-0.3, -0.25) is 4.79 Å². The van der Waals surface area contributed by atoms with Crippen molar-refractivity contribution in [3.05, 3.63) is 52.2 Å². The van der Waals surface area contributed by atoms with Gasteiger partial charge < -0.3 is 10.1 Å². The van der Waals surface area contributed by atoms with E-state index in [-0.39, 0.29) is 11.3 Å². The fourth-order valence-corrected chi connectivity index (χ4v) is 3.41. The van der Waals surface area contributed by atoms with E-state index in [2.05, 4.69) is 22.8 Å². The Morgan fingerprint density at radius 1 is 1.30 bits per heavy atom. The maximum atomic E-state index is 12.3. The minimum absolute atomic E-state index is 0.0646. The van der Waals surface area contributed by atoms with E-state index in [1.807, 2.05) is 12.1 Å². The summed E-state index contributed by atoms with van der Waals surface area (Å²) < 4.78 is 5.23. The highest BCUT2D eigenvalue weighted by molar-refractivity contribution is 7.10. The number of thiophene rings is 1. The molecule has 0 unspecified atom stereocenters. The molecule has 1 fully saturated rings. The first kappa shape index (κ1) is 13.2. The molecule has 3 nitrogen and oxygen atoms in total. The number of amides is 1. The second-order valence-electron chi connectivity index (χ2n) is 5.14. The average Bonchev–Trinajstić information content (AvgIpc) is 3.07. The van der Waals surface area contributed by atoms with E-state index in [4.69, 9.17) is 4.74 Å². The monoisotopic (exact) mass is 287 g/mol. The summed E-state index contributed by atoms with van der Waals surface area (Å²) in [7, 11) is 1.58. The minimum atomic E-state index is -0.0646. The lowest BCUT2D eigenvalue weighted by atomic mass is 10.0. The fourth-order valence-electron chi connectivity index (χ4n) is 2.42. The fraction of sp³-hybridized carbons (Fsp3) is 0.312. The molecule has 0 aliphatic heterocycles. The second-order valence-corrected chi connectivity index (χ2v) is 6.09. The van der Waals surface area contributed by atoms with E-state index >= 15 is 0 Å². The predicted molar refractivity (Wildman–Crippen MR) is 80.6 cm³/mol. The van der Waals surface area contributed by atoms with Gasteiger partial charge in [-0.15, -0.1) is 11.3 Å². The first-order valence-electron chi connectivity index (χ1n) is 6.70. The largest absolute Gasteiger partial charge is 0.496 e. The van der Waals surface area contributed by atoms with Crippen LogP contribution in [0.3, 0.4) is 0 Å². The van der Waals surface area contributed by atoms with E-state index in [9.17, 15) is 4.79 Å². The van der Waals surface area contributed by atoms with Crippen LogP contribution in [0.1, 0.15) is 28.1 Å². The highest BCUT2D eigenvalue weighted by Crippen LogP contribution is 2.49. The van der Waals surface area contributed by atoms with Gasteiger partial charge in [0.1, 0.15) is 5.75 Å². The summed E-state index contributed by atoms with van der Waals surface area (Å²) in [6, 6.07) is 11.5. The van der Waals surface area contributed by atoms with E-state index in [0.29, 0.717) is 17.9 Å². The quantitative estimate of drug-likeness (QED) is 0.917. The third kappa shape index (κ3) is 2.43. The summed E-state index contributed by atoms with van der Waals surface area (Å²) in [5.74, 6) is 0.552. The molecule has 1 aromatic heterocycles. The zero-order valence-electron chi connectivity index (χ0n) is 11.4. The summed E-state index contributed by atoms with van der Waals surface area (Å²) in [4.78, 5) is 13.7. The molecule has 20 heavy (non-hydrogen) atoms. The van der Waals surface area contributed by atoms with Gasteiger partial charge in [0.25, 0.3) is 5.91 Å². The molecule has 2 aromatic rings. The van der Waals surface area contributed by atoms with Crippen LogP contribution >= 0.6 is 11.3 Å². The molecule has 0 atom stereocenters. The highest BCUT2D eigenvalue weighted by atomic mass is 32.1. The van der Waals surface area contributed by atoms with Crippen LogP contribution in [0.5, 0.6) is 5.75 Å². The number of benzene rings is 1. The number of nitrogens with one attached hydrogen (secondary N) is 1. The van der Waals surface area contributed by atoms with Gasteiger partial charge in [-0.25, -0.2) is 0 Å². The molecule has 1 aliphatic carbocycles. The lowest BCUT2D eigenvalue weighted by Crippen LogP contribution is -2.32. The average molecular weight is 287 g/mol. The number of carbonyl (C=O) groups is 1. The van der Waals surface area contributed by atoms with Gasteiger partial charge in [0.2, 0.25) is 0 Å². The van der Waals surface area contributed by atoms with Crippen LogP contribution in [0.4, 0.5) is 0 Å². The Morgan fingerprint density at radius 3 is 2.75 bits per heavy atom.